The van der Waals surface area contributed by atoms with Crippen LogP contribution in [0.4, 0.5) is 18.9 Å². The van der Waals surface area contributed by atoms with Crippen LogP contribution < -0.4 is 9.64 Å². The molecule has 0 aromatic heterocycles. The van der Waals surface area contributed by atoms with Gasteiger partial charge in [0.1, 0.15) is 12.3 Å². The molecule has 0 radical (unpaired) electrons. The van der Waals surface area contributed by atoms with Crippen LogP contribution in [0.2, 0.25) is 0 Å². The number of rotatable bonds is 3. The molecule has 0 N–H and O–H groups in total. The summed E-state index contributed by atoms with van der Waals surface area (Å²) in [7, 11) is 0. The van der Waals surface area contributed by atoms with Gasteiger partial charge in [-0.05, 0) is 48.7 Å². The molecule has 9 heteroatoms. The lowest BCUT2D eigenvalue weighted by atomic mass is 10.0. The van der Waals surface area contributed by atoms with Gasteiger partial charge in [-0.15, -0.1) is 13.2 Å². The van der Waals surface area contributed by atoms with Crippen molar-refractivity contribution in [3.05, 3.63) is 59.2 Å². The number of aryl methyl sites for hydroxylation is 1. The largest absolute Gasteiger partial charge is 0.573 e. The van der Waals surface area contributed by atoms with Crippen LogP contribution in [0.1, 0.15) is 32.7 Å². The summed E-state index contributed by atoms with van der Waals surface area (Å²) in [6.45, 7) is -0.0962. The minimum absolute atomic E-state index is 0.248. The zero-order valence-electron chi connectivity index (χ0n) is 15.0. The van der Waals surface area contributed by atoms with Gasteiger partial charge < -0.3 is 9.64 Å². The highest BCUT2D eigenvalue weighted by molar-refractivity contribution is 6.22. The number of alkyl halides is 3. The summed E-state index contributed by atoms with van der Waals surface area (Å²) in [6, 6.07) is 10.1. The van der Waals surface area contributed by atoms with Crippen molar-refractivity contribution in [1.82, 2.24) is 4.90 Å². The van der Waals surface area contributed by atoms with Crippen LogP contribution in [0.25, 0.3) is 0 Å². The highest BCUT2D eigenvalue weighted by atomic mass is 19.4. The average molecular weight is 404 g/mol. The molecule has 0 saturated carbocycles. The van der Waals surface area contributed by atoms with Gasteiger partial charge >= 0.3 is 6.36 Å². The molecule has 0 spiro atoms. The lowest BCUT2D eigenvalue weighted by Crippen LogP contribution is -2.44. The molecule has 2 heterocycles. The van der Waals surface area contributed by atoms with Crippen molar-refractivity contribution < 1.29 is 32.3 Å². The van der Waals surface area contributed by atoms with Crippen LogP contribution in [0.15, 0.2) is 42.5 Å². The van der Waals surface area contributed by atoms with Crippen molar-refractivity contribution in [2.75, 3.05) is 18.0 Å². The molecule has 0 bridgehead atoms. The molecule has 150 valence electrons. The lowest BCUT2D eigenvalue weighted by Gasteiger charge is -2.31. The van der Waals surface area contributed by atoms with Gasteiger partial charge in [0.05, 0.1) is 11.1 Å². The second-order valence-corrected chi connectivity index (χ2v) is 6.73. The van der Waals surface area contributed by atoms with Crippen LogP contribution in [-0.2, 0) is 11.2 Å². The molecular weight excluding hydrogens is 389 g/mol. The van der Waals surface area contributed by atoms with Crippen LogP contribution in [-0.4, -0.2) is 42.1 Å². The molecule has 2 aromatic rings. The fourth-order valence-corrected chi connectivity index (χ4v) is 3.63. The van der Waals surface area contributed by atoms with Crippen molar-refractivity contribution >= 4 is 23.4 Å². The maximum atomic E-state index is 12.8. The third kappa shape index (κ3) is 3.55. The number of hydrogen-bond donors (Lipinski definition) is 0. The molecule has 0 unspecified atom stereocenters. The van der Waals surface area contributed by atoms with Gasteiger partial charge in [-0.25, -0.2) is 0 Å². The quantitative estimate of drug-likeness (QED) is 0.738. The molecule has 6 nitrogen and oxygen atoms in total. The van der Waals surface area contributed by atoms with Crippen LogP contribution in [0.3, 0.4) is 0 Å². The van der Waals surface area contributed by atoms with Gasteiger partial charge in [-0.1, -0.05) is 12.1 Å². The molecule has 2 aliphatic heterocycles. The molecule has 4 rings (SSSR count). The number of halogens is 3. The van der Waals surface area contributed by atoms with Gasteiger partial charge in [0.15, 0.2) is 0 Å². The first-order chi connectivity index (χ1) is 13.7. The summed E-state index contributed by atoms with van der Waals surface area (Å²) >= 11 is 0. The van der Waals surface area contributed by atoms with Gasteiger partial charge in [-0.3, -0.25) is 19.3 Å². The fourth-order valence-electron chi connectivity index (χ4n) is 3.63. The van der Waals surface area contributed by atoms with E-state index in [9.17, 15) is 27.6 Å². The number of carbonyl (C=O) groups is 3. The molecule has 2 aromatic carbocycles. The molecule has 0 atom stereocenters. The maximum absolute atomic E-state index is 12.8. The third-order valence-electron chi connectivity index (χ3n) is 4.88. The monoisotopic (exact) mass is 404 g/mol. The van der Waals surface area contributed by atoms with Crippen molar-refractivity contribution in [3.63, 3.8) is 0 Å². The summed E-state index contributed by atoms with van der Waals surface area (Å²) in [5, 5.41) is 0. The number of imide groups is 1. The topological polar surface area (TPSA) is 66.9 Å². The average Bonchev–Trinajstić information content (AvgIpc) is 2.91. The lowest BCUT2D eigenvalue weighted by molar-refractivity contribution is -0.274. The summed E-state index contributed by atoms with van der Waals surface area (Å²) < 4.78 is 41.2. The molecule has 29 heavy (non-hydrogen) atoms. The standard InChI is InChI=1S/C20H15F3N2O4/c21-20(22,23)29-13-7-8-16-12(10-13)4-3-9-24(16)17(26)11-25-18(27)14-5-1-2-6-15(14)19(25)28/h1-2,5-8,10H,3-4,9,11H2. The zero-order valence-corrected chi connectivity index (χ0v) is 15.0. The van der Waals surface area contributed by atoms with E-state index in [0.29, 0.717) is 30.6 Å². The second-order valence-electron chi connectivity index (χ2n) is 6.73. The third-order valence-corrected chi connectivity index (χ3v) is 4.88. The highest BCUT2D eigenvalue weighted by Crippen LogP contribution is 2.33. The number of fused-ring (bicyclic) bond motifs is 2. The first kappa shape index (κ1) is 19.0. The van der Waals surface area contributed by atoms with E-state index in [1.165, 1.54) is 29.2 Å². The van der Waals surface area contributed by atoms with Gasteiger partial charge in [0.2, 0.25) is 5.91 Å². The number of hydrogen-bond acceptors (Lipinski definition) is 4. The molecule has 0 aliphatic carbocycles. The minimum atomic E-state index is -4.80. The van der Waals surface area contributed by atoms with E-state index in [1.54, 1.807) is 12.1 Å². The molecule has 2 aliphatic rings. The van der Waals surface area contributed by atoms with Crippen LogP contribution >= 0.6 is 0 Å². The summed E-state index contributed by atoms with van der Waals surface area (Å²) in [4.78, 5) is 40.0. The Hall–Kier alpha value is -3.36. The first-order valence-corrected chi connectivity index (χ1v) is 8.89. The molecule has 3 amide bonds. The Morgan fingerprint density at radius 2 is 1.69 bits per heavy atom. The molecule has 0 saturated heterocycles. The summed E-state index contributed by atoms with van der Waals surface area (Å²) in [5.74, 6) is -1.91. The normalized spacial score (nSPS) is 16.0. The molecular formula is C20H15F3N2O4. The number of ether oxygens (including phenoxy) is 1. The van der Waals surface area contributed by atoms with Crippen LogP contribution in [0, 0.1) is 0 Å². The Kier molecular flexibility index (Phi) is 4.52. The highest BCUT2D eigenvalue weighted by Gasteiger charge is 2.38. The second kappa shape index (κ2) is 6.91. The number of anilines is 1. The minimum Gasteiger partial charge on any atom is -0.406 e. The van der Waals surface area contributed by atoms with Crippen molar-refractivity contribution in [1.29, 1.82) is 0 Å². The van der Waals surface area contributed by atoms with E-state index in [0.717, 1.165) is 11.0 Å². The number of nitrogens with zero attached hydrogens (tertiary/aromatic N) is 2. The summed E-state index contributed by atoms with van der Waals surface area (Å²) in [6.07, 6.45) is -3.78. The van der Waals surface area contributed by atoms with Gasteiger partial charge in [-0.2, -0.15) is 0 Å². The van der Waals surface area contributed by atoms with E-state index in [1.807, 2.05) is 0 Å². The van der Waals surface area contributed by atoms with Crippen molar-refractivity contribution in [2.45, 2.75) is 19.2 Å². The Balaban J connectivity index is 1.54. The SMILES string of the molecule is O=C1c2ccccc2C(=O)N1CC(=O)N1CCCc2cc(OC(F)(F)F)ccc21. The van der Waals surface area contributed by atoms with Gasteiger partial charge in [0.25, 0.3) is 11.8 Å². The predicted octanol–water partition coefficient (Wildman–Crippen LogP) is 3.16. The number of benzene rings is 2. The van der Waals surface area contributed by atoms with Crippen LogP contribution in [0.5, 0.6) is 5.75 Å². The van der Waals surface area contributed by atoms with E-state index in [2.05, 4.69) is 4.74 Å². The smallest absolute Gasteiger partial charge is 0.406 e. The van der Waals surface area contributed by atoms with Gasteiger partial charge in [0, 0.05) is 12.2 Å². The first-order valence-electron chi connectivity index (χ1n) is 8.89. The Morgan fingerprint density at radius 3 is 2.31 bits per heavy atom. The number of carbonyl (C=O) groups excluding carboxylic acids is 3. The molecule has 0 fully saturated rings. The summed E-state index contributed by atoms with van der Waals surface area (Å²) in [5.41, 5.74) is 1.48. The van der Waals surface area contributed by atoms with Crippen molar-refractivity contribution in [3.8, 4) is 5.75 Å². The van der Waals surface area contributed by atoms with E-state index < -0.39 is 30.6 Å². The Bertz CT molecular complexity index is 984. The van der Waals surface area contributed by atoms with Crippen molar-refractivity contribution in [2.24, 2.45) is 0 Å². The Labute approximate surface area is 163 Å². The van der Waals surface area contributed by atoms with E-state index >= 15 is 0 Å². The predicted molar refractivity (Wildman–Crippen MR) is 95.6 cm³/mol. The zero-order chi connectivity index (χ0) is 20.8. The Morgan fingerprint density at radius 1 is 1.03 bits per heavy atom. The number of amides is 3. The van der Waals surface area contributed by atoms with E-state index in [4.69, 9.17) is 0 Å². The van der Waals surface area contributed by atoms with E-state index in [-0.39, 0.29) is 16.9 Å². The maximum Gasteiger partial charge on any atom is 0.573 e. The fraction of sp³-hybridized carbons (Fsp3) is 0.250.